The Labute approximate surface area is 126 Å². The highest BCUT2D eigenvalue weighted by atomic mass is 32.2. The third-order valence-corrected chi connectivity index (χ3v) is 5.74. The molecule has 1 saturated heterocycles. The van der Waals surface area contributed by atoms with E-state index in [9.17, 15) is 26.0 Å². The fourth-order valence-electron chi connectivity index (χ4n) is 2.38. The number of rotatable bonds is 3. The lowest BCUT2D eigenvalue weighted by Gasteiger charge is -2.22. The standard InChI is InChI=1S/C13H16F4N2O2S/c1-12(7-18)4-5-19(8-12)22(20,21)9-2-3-11(14)10(6-9)13(15,16)17/h2-3,6H,4-5,7-8,18H2,1H3. The second kappa shape index (κ2) is 5.47. The summed E-state index contributed by atoms with van der Waals surface area (Å²) in [7, 11) is -4.11. The molecule has 0 saturated carbocycles. The van der Waals surface area contributed by atoms with E-state index in [1.54, 1.807) is 0 Å². The van der Waals surface area contributed by atoms with Crippen LogP contribution in [-0.4, -0.2) is 32.4 Å². The molecule has 0 bridgehead atoms. The van der Waals surface area contributed by atoms with Crippen LogP contribution in [0.4, 0.5) is 17.6 Å². The topological polar surface area (TPSA) is 63.4 Å². The summed E-state index contributed by atoms with van der Waals surface area (Å²) in [5, 5.41) is 0. The molecule has 2 rings (SSSR count). The highest BCUT2D eigenvalue weighted by Gasteiger charge is 2.40. The predicted molar refractivity (Wildman–Crippen MR) is 71.9 cm³/mol. The third-order valence-electron chi connectivity index (χ3n) is 3.90. The first-order valence-electron chi connectivity index (χ1n) is 6.57. The quantitative estimate of drug-likeness (QED) is 0.858. The van der Waals surface area contributed by atoms with Crippen LogP contribution >= 0.6 is 0 Å². The van der Waals surface area contributed by atoms with Gasteiger partial charge in [0.05, 0.1) is 10.5 Å². The summed E-state index contributed by atoms with van der Waals surface area (Å²) in [6, 6.07) is 1.70. The van der Waals surface area contributed by atoms with E-state index in [0.29, 0.717) is 18.6 Å². The number of hydrogen-bond donors (Lipinski definition) is 1. The van der Waals surface area contributed by atoms with Gasteiger partial charge in [-0.05, 0) is 36.6 Å². The molecule has 4 nitrogen and oxygen atoms in total. The van der Waals surface area contributed by atoms with Gasteiger partial charge in [0.15, 0.2) is 0 Å². The van der Waals surface area contributed by atoms with Crippen LogP contribution in [-0.2, 0) is 16.2 Å². The van der Waals surface area contributed by atoms with Crippen LogP contribution in [0, 0.1) is 11.2 Å². The van der Waals surface area contributed by atoms with Crippen LogP contribution in [0.3, 0.4) is 0 Å². The van der Waals surface area contributed by atoms with Gasteiger partial charge in [0.2, 0.25) is 10.0 Å². The Balaban J connectivity index is 2.39. The first kappa shape index (κ1) is 17.2. The minimum absolute atomic E-state index is 0.130. The second-order valence-corrected chi connectivity index (χ2v) is 7.68. The van der Waals surface area contributed by atoms with Crippen molar-refractivity contribution >= 4 is 10.0 Å². The molecule has 1 aromatic carbocycles. The summed E-state index contributed by atoms with van der Waals surface area (Å²) in [6.07, 6.45) is -4.43. The number of nitrogens with zero attached hydrogens (tertiary/aromatic N) is 1. The van der Waals surface area contributed by atoms with E-state index in [1.165, 1.54) is 0 Å². The number of benzene rings is 1. The molecule has 1 heterocycles. The number of nitrogens with two attached hydrogens (primary N) is 1. The summed E-state index contributed by atoms with van der Waals surface area (Å²) < 4.78 is 77.3. The number of halogens is 4. The Kier molecular flexibility index (Phi) is 4.27. The lowest BCUT2D eigenvalue weighted by Crippen LogP contribution is -2.34. The largest absolute Gasteiger partial charge is 0.419 e. The molecule has 1 aromatic rings. The molecular weight excluding hydrogens is 324 g/mol. The van der Waals surface area contributed by atoms with Gasteiger partial charge in [-0.25, -0.2) is 12.8 Å². The second-order valence-electron chi connectivity index (χ2n) is 5.74. The average molecular weight is 340 g/mol. The number of sulfonamides is 1. The van der Waals surface area contributed by atoms with Crippen LogP contribution in [0.2, 0.25) is 0 Å². The lowest BCUT2D eigenvalue weighted by atomic mass is 9.90. The molecule has 22 heavy (non-hydrogen) atoms. The maximum absolute atomic E-state index is 13.3. The third kappa shape index (κ3) is 3.11. The zero-order chi connectivity index (χ0) is 16.8. The van der Waals surface area contributed by atoms with Crippen molar-refractivity contribution in [1.29, 1.82) is 0 Å². The fourth-order valence-corrected chi connectivity index (χ4v) is 4.00. The normalized spacial score (nSPS) is 23.9. The molecular formula is C13H16F4N2O2S. The molecule has 1 aliphatic rings. The van der Waals surface area contributed by atoms with Gasteiger partial charge in [-0.1, -0.05) is 6.92 Å². The SMILES string of the molecule is CC1(CN)CCN(S(=O)(=O)c2ccc(F)c(C(F)(F)F)c2)C1. The zero-order valence-electron chi connectivity index (χ0n) is 11.8. The summed E-state index contributed by atoms with van der Waals surface area (Å²) in [5.74, 6) is -1.50. The Morgan fingerprint density at radius 3 is 2.50 bits per heavy atom. The molecule has 0 radical (unpaired) electrons. The molecule has 9 heteroatoms. The molecule has 2 N–H and O–H groups in total. The molecule has 0 spiro atoms. The molecule has 1 atom stereocenters. The van der Waals surface area contributed by atoms with Crippen LogP contribution in [0.25, 0.3) is 0 Å². The number of hydrogen-bond acceptors (Lipinski definition) is 3. The van der Waals surface area contributed by atoms with Gasteiger partial charge in [0.1, 0.15) is 5.82 Å². The van der Waals surface area contributed by atoms with Crippen LogP contribution < -0.4 is 5.73 Å². The Morgan fingerprint density at radius 1 is 1.36 bits per heavy atom. The Morgan fingerprint density at radius 2 is 2.00 bits per heavy atom. The van der Waals surface area contributed by atoms with Gasteiger partial charge in [-0.15, -0.1) is 0 Å². The maximum Gasteiger partial charge on any atom is 0.419 e. The molecule has 1 unspecified atom stereocenters. The lowest BCUT2D eigenvalue weighted by molar-refractivity contribution is -0.140. The molecule has 0 amide bonds. The van der Waals surface area contributed by atoms with E-state index >= 15 is 0 Å². The van der Waals surface area contributed by atoms with Crippen molar-refractivity contribution in [3.63, 3.8) is 0 Å². The van der Waals surface area contributed by atoms with Gasteiger partial charge < -0.3 is 5.73 Å². The maximum atomic E-state index is 13.3. The van der Waals surface area contributed by atoms with E-state index in [0.717, 1.165) is 10.4 Å². The summed E-state index contributed by atoms with van der Waals surface area (Å²) >= 11 is 0. The van der Waals surface area contributed by atoms with Crippen LogP contribution in [0.5, 0.6) is 0 Å². The Hall–Kier alpha value is -1.19. The van der Waals surface area contributed by atoms with E-state index < -0.39 is 37.9 Å². The van der Waals surface area contributed by atoms with Crippen molar-refractivity contribution in [3.05, 3.63) is 29.6 Å². The Bertz CT molecular complexity index is 675. The minimum Gasteiger partial charge on any atom is -0.330 e. The highest BCUT2D eigenvalue weighted by molar-refractivity contribution is 7.89. The van der Waals surface area contributed by atoms with Gasteiger partial charge in [-0.2, -0.15) is 17.5 Å². The zero-order valence-corrected chi connectivity index (χ0v) is 12.6. The van der Waals surface area contributed by atoms with Crippen LogP contribution in [0.1, 0.15) is 18.9 Å². The van der Waals surface area contributed by atoms with Crippen LogP contribution in [0.15, 0.2) is 23.1 Å². The van der Waals surface area contributed by atoms with Gasteiger partial charge in [-0.3, -0.25) is 0 Å². The van der Waals surface area contributed by atoms with Gasteiger partial charge in [0, 0.05) is 13.1 Å². The monoisotopic (exact) mass is 340 g/mol. The van der Waals surface area contributed by atoms with Gasteiger partial charge >= 0.3 is 6.18 Å². The van der Waals surface area contributed by atoms with Crippen molar-refractivity contribution in [1.82, 2.24) is 4.31 Å². The molecule has 1 fully saturated rings. The van der Waals surface area contributed by atoms with E-state index in [-0.39, 0.29) is 19.6 Å². The van der Waals surface area contributed by atoms with Crippen molar-refractivity contribution in [3.8, 4) is 0 Å². The predicted octanol–water partition coefficient (Wildman–Crippen LogP) is 2.20. The summed E-state index contributed by atoms with van der Waals surface area (Å²) in [6.45, 7) is 2.39. The minimum atomic E-state index is -4.95. The number of alkyl halides is 3. The van der Waals surface area contributed by atoms with Crippen molar-refractivity contribution < 1.29 is 26.0 Å². The fraction of sp³-hybridized carbons (Fsp3) is 0.538. The van der Waals surface area contributed by atoms with Gasteiger partial charge in [0.25, 0.3) is 0 Å². The first-order valence-corrected chi connectivity index (χ1v) is 8.01. The molecule has 0 aromatic heterocycles. The molecule has 124 valence electrons. The molecule has 1 aliphatic heterocycles. The smallest absolute Gasteiger partial charge is 0.330 e. The first-order chi connectivity index (χ1) is 9.99. The highest BCUT2D eigenvalue weighted by Crippen LogP contribution is 2.36. The van der Waals surface area contributed by atoms with Crippen molar-refractivity contribution in [2.24, 2.45) is 11.1 Å². The van der Waals surface area contributed by atoms with E-state index in [4.69, 9.17) is 5.73 Å². The summed E-state index contributed by atoms with van der Waals surface area (Å²) in [4.78, 5) is -0.567. The summed E-state index contributed by atoms with van der Waals surface area (Å²) in [5.41, 5.74) is 3.60. The van der Waals surface area contributed by atoms with E-state index in [1.807, 2.05) is 6.92 Å². The van der Waals surface area contributed by atoms with Crippen molar-refractivity contribution in [2.45, 2.75) is 24.4 Å². The molecule has 0 aliphatic carbocycles. The average Bonchev–Trinajstić information content (AvgIpc) is 2.82. The van der Waals surface area contributed by atoms with E-state index in [2.05, 4.69) is 0 Å². The van der Waals surface area contributed by atoms with Crippen molar-refractivity contribution in [2.75, 3.05) is 19.6 Å².